The van der Waals surface area contributed by atoms with Crippen LogP contribution < -0.4 is 4.72 Å². The fraction of sp³-hybridized carbons (Fsp3) is 0.650. The first-order valence-electron chi connectivity index (χ1n) is 10.0. The Kier molecular flexibility index (Phi) is 8.88. The minimum Gasteiger partial charge on any atom is -0.462 e. The summed E-state index contributed by atoms with van der Waals surface area (Å²) in [5.74, 6) is -0.0486. The van der Waals surface area contributed by atoms with Crippen LogP contribution in [0.15, 0.2) is 29.2 Å². The summed E-state index contributed by atoms with van der Waals surface area (Å²) in [6, 6.07) is 5.97. The molecule has 0 aliphatic carbocycles. The van der Waals surface area contributed by atoms with Crippen LogP contribution in [0.3, 0.4) is 0 Å². The Morgan fingerprint density at radius 1 is 1.14 bits per heavy atom. The van der Waals surface area contributed by atoms with Crippen LogP contribution in [0.2, 0.25) is 0 Å². The van der Waals surface area contributed by atoms with Crippen molar-refractivity contribution in [1.29, 1.82) is 0 Å². The van der Waals surface area contributed by atoms with Crippen molar-refractivity contribution in [3.05, 3.63) is 29.8 Å². The van der Waals surface area contributed by atoms with E-state index in [2.05, 4.69) is 23.5 Å². The summed E-state index contributed by atoms with van der Waals surface area (Å²) in [4.78, 5) is 14.2. The fourth-order valence-corrected chi connectivity index (χ4v) is 4.65. The molecule has 0 radical (unpaired) electrons. The smallest absolute Gasteiger partial charge is 0.338 e. The standard InChI is InChI=1S/C20H32N2O5S/c1-4-16(5-2)19(22-11-13-26-14-12-22)15-21-28(24,25)18-9-7-17(8-10-18)20(23)27-6-3/h7-10,16,19,21H,4-6,11-15H2,1-3H3/t19-/m0/s1. The molecule has 2 rings (SSSR count). The van der Waals surface area contributed by atoms with Gasteiger partial charge < -0.3 is 9.47 Å². The molecule has 158 valence electrons. The van der Waals surface area contributed by atoms with Gasteiger partial charge in [0.05, 0.1) is 30.3 Å². The van der Waals surface area contributed by atoms with Crippen molar-refractivity contribution >= 4 is 16.0 Å². The number of benzene rings is 1. The largest absolute Gasteiger partial charge is 0.462 e. The quantitative estimate of drug-likeness (QED) is 0.594. The van der Waals surface area contributed by atoms with Gasteiger partial charge in [0.1, 0.15) is 0 Å². The molecule has 0 saturated carbocycles. The van der Waals surface area contributed by atoms with Gasteiger partial charge in [-0.15, -0.1) is 0 Å². The van der Waals surface area contributed by atoms with Crippen LogP contribution in [0.5, 0.6) is 0 Å². The lowest BCUT2D eigenvalue weighted by molar-refractivity contribution is 0.00297. The van der Waals surface area contributed by atoms with Gasteiger partial charge in [0.15, 0.2) is 0 Å². The summed E-state index contributed by atoms with van der Waals surface area (Å²) < 4.78 is 38.7. The number of rotatable bonds is 10. The summed E-state index contributed by atoms with van der Waals surface area (Å²) >= 11 is 0. The lowest BCUT2D eigenvalue weighted by atomic mass is 9.92. The van der Waals surface area contributed by atoms with E-state index in [0.29, 0.717) is 31.2 Å². The fourth-order valence-electron chi connectivity index (χ4n) is 3.60. The van der Waals surface area contributed by atoms with Gasteiger partial charge in [-0.05, 0) is 37.1 Å². The van der Waals surface area contributed by atoms with Gasteiger partial charge in [0.25, 0.3) is 0 Å². The number of ether oxygens (including phenoxy) is 2. The first-order valence-corrected chi connectivity index (χ1v) is 11.5. The van der Waals surface area contributed by atoms with E-state index in [0.717, 1.165) is 25.9 Å². The second-order valence-electron chi connectivity index (χ2n) is 6.89. The van der Waals surface area contributed by atoms with Crippen LogP contribution in [0.4, 0.5) is 0 Å². The highest BCUT2D eigenvalue weighted by Crippen LogP contribution is 2.20. The van der Waals surface area contributed by atoms with Crippen molar-refractivity contribution in [2.75, 3.05) is 39.5 Å². The van der Waals surface area contributed by atoms with E-state index >= 15 is 0 Å². The number of hydrogen-bond acceptors (Lipinski definition) is 6. The predicted molar refractivity (Wildman–Crippen MR) is 108 cm³/mol. The molecule has 1 aliphatic rings. The highest BCUT2D eigenvalue weighted by atomic mass is 32.2. The molecule has 1 aromatic carbocycles. The molecule has 1 fully saturated rings. The number of morpholine rings is 1. The van der Waals surface area contributed by atoms with Crippen molar-refractivity contribution in [3.63, 3.8) is 0 Å². The van der Waals surface area contributed by atoms with Crippen LogP contribution in [0.1, 0.15) is 44.0 Å². The van der Waals surface area contributed by atoms with E-state index in [1.54, 1.807) is 6.92 Å². The Bertz CT molecular complexity index is 711. The number of nitrogens with one attached hydrogen (secondary N) is 1. The summed E-state index contributed by atoms with van der Waals surface area (Å²) in [5.41, 5.74) is 0.337. The third-order valence-electron chi connectivity index (χ3n) is 5.27. The molecule has 1 aliphatic heterocycles. The molecule has 0 spiro atoms. The Morgan fingerprint density at radius 2 is 1.75 bits per heavy atom. The van der Waals surface area contributed by atoms with Crippen molar-refractivity contribution in [2.45, 2.75) is 44.6 Å². The molecule has 0 bridgehead atoms. The second-order valence-corrected chi connectivity index (χ2v) is 8.66. The van der Waals surface area contributed by atoms with E-state index in [-0.39, 0.29) is 17.5 Å². The van der Waals surface area contributed by atoms with Gasteiger partial charge in [-0.25, -0.2) is 17.9 Å². The van der Waals surface area contributed by atoms with E-state index in [9.17, 15) is 13.2 Å². The van der Waals surface area contributed by atoms with Crippen LogP contribution in [0, 0.1) is 5.92 Å². The SMILES string of the molecule is CCOC(=O)c1ccc(S(=O)(=O)NC[C@@H](C(CC)CC)N2CCOCC2)cc1. The number of hydrogen-bond donors (Lipinski definition) is 1. The van der Waals surface area contributed by atoms with Gasteiger partial charge >= 0.3 is 5.97 Å². The zero-order valence-corrected chi connectivity index (χ0v) is 17.8. The summed E-state index contributed by atoms with van der Waals surface area (Å²) in [7, 11) is -3.66. The van der Waals surface area contributed by atoms with Gasteiger partial charge in [0, 0.05) is 25.7 Å². The van der Waals surface area contributed by atoms with Crippen LogP contribution in [-0.4, -0.2) is 64.8 Å². The number of carbonyl (C=O) groups excluding carboxylic acids is 1. The highest BCUT2D eigenvalue weighted by molar-refractivity contribution is 7.89. The maximum Gasteiger partial charge on any atom is 0.338 e. The Labute approximate surface area is 168 Å². The molecule has 8 heteroatoms. The molecule has 7 nitrogen and oxygen atoms in total. The first kappa shape index (κ1) is 22.8. The van der Waals surface area contributed by atoms with E-state index in [4.69, 9.17) is 9.47 Å². The second kappa shape index (κ2) is 10.9. The molecule has 0 unspecified atom stereocenters. The Morgan fingerprint density at radius 3 is 2.29 bits per heavy atom. The highest BCUT2D eigenvalue weighted by Gasteiger charge is 2.28. The van der Waals surface area contributed by atoms with Gasteiger partial charge in [-0.1, -0.05) is 26.7 Å². The zero-order valence-electron chi connectivity index (χ0n) is 17.0. The Hall–Kier alpha value is -1.48. The third-order valence-corrected chi connectivity index (χ3v) is 6.71. The molecule has 1 N–H and O–H groups in total. The monoisotopic (exact) mass is 412 g/mol. The molecular weight excluding hydrogens is 380 g/mol. The van der Waals surface area contributed by atoms with Crippen LogP contribution in [-0.2, 0) is 19.5 Å². The average molecular weight is 413 g/mol. The van der Waals surface area contributed by atoms with Crippen molar-refractivity contribution in [1.82, 2.24) is 9.62 Å². The molecule has 1 saturated heterocycles. The van der Waals surface area contributed by atoms with Gasteiger partial charge in [0.2, 0.25) is 10.0 Å². The first-order chi connectivity index (χ1) is 13.4. The van der Waals surface area contributed by atoms with Crippen LogP contribution >= 0.6 is 0 Å². The minimum absolute atomic E-state index is 0.132. The summed E-state index contributed by atoms with van der Waals surface area (Å²) in [6.45, 7) is 9.64. The van der Waals surface area contributed by atoms with Crippen molar-refractivity contribution in [2.24, 2.45) is 5.92 Å². The molecule has 28 heavy (non-hydrogen) atoms. The van der Waals surface area contributed by atoms with Crippen molar-refractivity contribution in [3.8, 4) is 0 Å². The number of esters is 1. The maximum absolute atomic E-state index is 12.8. The van der Waals surface area contributed by atoms with Gasteiger partial charge in [-0.2, -0.15) is 0 Å². The lowest BCUT2D eigenvalue weighted by Crippen LogP contribution is -2.52. The van der Waals surface area contributed by atoms with Crippen LogP contribution in [0.25, 0.3) is 0 Å². The number of sulfonamides is 1. The lowest BCUT2D eigenvalue weighted by Gasteiger charge is -2.38. The normalized spacial score (nSPS) is 16.9. The van der Waals surface area contributed by atoms with Crippen molar-refractivity contribution < 1.29 is 22.7 Å². The van der Waals surface area contributed by atoms with E-state index < -0.39 is 16.0 Å². The predicted octanol–water partition coefficient (Wildman–Crippen LogP) is 2.28. The van der Waals surface area contributed by atoms with Gasteiger partial charge in [-0.3, -0.25) is 4.90 Å². The molecular formula is C20H32N2O5S. The van der Waals surface area contributed by atoms with E-state index in [1.165, 1.54) is 24.3 Å². The van der Waals surface area contributed by atoms with E-state index in [1.807, 2.05) is 0 Å². The molecule has 0 amide bonds. The Balaban J connectivity index is 2.09. The zero-order chi connectivity index (χ0) is 20.6. The summed E-state index contributed by atoms with van der Waals surface area (Å²) in [6.07, 6.45) is 1.99. The molecule has 0 aromatic heterocycles. The number of nitrogens with zero attached hydrogens (tertiary/aromatic N) is 1. The average Bonchev–Trinajstić information content (AvgIpc) is 2.72. The molecule has 1 heterocycles. The third kappa shape index (κ3) is 6.01. The molecule has 1 aromatic rings. The topological polar surface area (TPSA) is 84.9 Å². The maximum atomic E-state index is 12.8. The molecule has 1 atom stereocenters. The number of carbonyl (C=O) groups is 1. The summed E-state index contributed by atoms with van der Waals surface area (Å²) in [5, 5.41) is 0. The minimum atomic E-state index is -3.66.